The summed E-state index contributed by atoms with van der Waals surface area (Å²) in [5, 5.41) is 9.02. The maximum Gasteiger partial charge on any atom is 0.315 e. The maximum atomic E-state index is 11.9. The molecule has 0 aliphatic heterocycles. The average molecular weight is 281 g/mol. The summed E-state index contributed by atoms with van der Waals surface area (Å²) in [6, 6.07) is 0.0523. The molecule has 0 radical (unpaired) electrons. The van der Waals surface area contributed by atoms with Crippen LogP contribution in [0.4, 0.5) is 4.79 Å². The van der Waals surface area contributed by atoms with Crippen molar-refractivity contribution >= 4 is 11.9 Å². The first-order chi connectivity index (χ1) is 9.56. The second-order valence-electron chi connectivity index (χ2n) is 6.53. The van der Waals surface area contributed by atoms with Crippen LogP contribution in [0.25, 0.3) is 0 Å². The van der Waals surface area contributed by atoms with Gasteiger partial charge in [-0.25, -0.2) is 4.79 Å². The third-order valence-corrected chi connectivity index (χ3v) is 4.03. The van der Waals surface area contributed by atoms with Gasteiger partial charge in [0.25, 0.3) is 0 Å². The molecule has 3 amide bonds. The van der Waals surface area contributed by atoms with Gasteiger partial charge in [-0.1, -0.05) is 26.7 Å². The van der Waals surface area contributed by atoms with Gasteiger partial charge >= 0.3 is 6.03 Å². The van der Waals surface area contributed by atoms with Gasteiger partial charge in [-0.3, -0.25) is 4.79 Å². The summed E-state index contributed by atoms with van der Waals surface area (Å²) in [7, 11) is 0. The molecule has 2 saturated carbocycles. The normalized spacial score (nSPS) is 26.1. The van der Waals surface area contributed by atoms with Crippen LogP contribution in [-0.2, 0) is 4.79 Å². The summed E-state index contributed by atoms with van der Waals surface area (Å²) in [5.74, 6) is 0.844. The van der Waals surface area contributed by atoms with Gasteiger partial charge < -0.3 is 16.0 Å². The number of nitrogens with one attached hydrogen (secondary N) is 3. The molecule has 20 heavy (non-hydrogen) atoms. The standard InChI is InChI=1S/C15H27N3O2/c1-10(2)9-16-15(20)18-13-6-4-3-5-12(13)17-14(19)11-7-8-11/h10-13H,3-9H2,1-2H3,(H,17,19)(H2,16,18,20). The first kappa shape index (κ1) is 15.1. The average Bonchev–Trinajstić information content (AvgIpc) is 3.23. The lowest BCUT2D eigenvalue weighted by Gasteiger charge is -2.33. The van der Waals surface area contributed by atoms with E-state index in [0.29, 0.717) is 12.5 Å². The van der Waals surface area contributed by atoms with Crippen molar-refractivity contribution in [3.8, 4) is 0 Å². The molecule has 0 aromatic heterocycles. The molecule has 0 aromatic rings. The molecule has 2 fully saturated rings. The SMILES string of the molecule is CC(C)CNC(=O)NC1CCCCC1NC(=O)C1CC1. The fourth-order valence-corrected chi connectivity index (χ4v) is 2.64. The Morgan fingerprint density at radius 3 is 2.15 bits per heavy atom. The third-order valence-electron chi connectivity index (χ3n) is 4.03. The molecule has 2 unspecified atom stereocenters. The minimum Gasteiger partial charge on any atom is -0.351 e. The number of amides is 3. The van der Waals surface area contributed by atoms with Crippen molar-refractivity contribution in [2.24, 2.45) is 11.8 Å². The Hall–Kier alpha value is -1.26. The van der Waals surface area contributed by atoms with Crippen LogP contribution in [-0.4, -0.2) is 30.6 Å². The Morgan fingerprint density at radius 2 is 1.60 bits per heavy atom. The van der Waals surface area contributed by atoms with Gasteiger partial charge in [-0.05, 0) is 31.6 Å². The van der Waals surface area contributed by atoms with E-state index in [1.807, 2.05) is 0 Å². The van der Waals surface area contributed by atoms with Crippen molar-refractivity contribution in [3.63, 3.8) is 0 Å². The van der Waals surface area contributed by atoms with Crippen LogP contribution >= 0.6 is 0 Å². The molecule has 0 spiro atoms. The number of hydrogen-bond acceptors (Lipinski definition) is 2. The Bertz CT molecular complexity index is 353. The molecule has 5 heteroatoms. The van der Waals surface area contributed by atoms with Gasteiger partial charge in [0, 0.05) is 18.5 Å². The first-order valence-electron chi connectivity index (χ1n) is 7.91. The zero-order valence-electron chi connectivity index (χ0n) is 12.6. The second kappa shape index (κ2) is 6.95. The van der Waals surface area contributed by atoms with E-state index < -0.39 is 0 Å². The van der Waals surface area contributed by atoms with Gasteiger partial charge in [-0.15, -0.1) is 0 Å². The lowest BCUT2D eigenvalue weighted by molar-refractivity contribution is -0.123. The van der Waals surface area contributed by atoms with Crippen LogP contribution in [0.3, 0.4) is 0 Å². The van der Waals surface area contributed by atoms with Gasteiger partial charge in [-0.2, -0.15) is 0 Å². The lowest BCUT2D eigenvalue weighted by atomic mass is 9.90. The summed E-state index contributed by atoms with van der Waals surface area (Å²) >= 11 is 0. The molecule has 0 bridgehead atoms. The van der Waals surface area contributed by atoms with Crippen LogP contribution in [0.15, 0.2) is 0 Å². The lowest BCUT2D eigenvalue weighted by Crippen LogP contribution is -2.55. The van der Waals surface area contributed by atoms with Crippen LogP contribution in [0, 0.1) is 11.8 Å². The third kappa shape index (κ3) is 4.69. The molecule has 2 atom stereocenters. The van der Waals surface area contributed by atoms with E-state index in [1.54, 1.807) is 0 Å². The minimum absolute atomic E-state index is 0.0682. The molecule has 0 aromatic carbocycles. The number of hydrogen-bond donors (Lipinski definition) is 3. The summed E-state index contributed by atoms with van der Waals surface area (Å²) in [6.07, 6.45) is 6.20. The maximum absolute atomic E-state index is 11.9. The molecule has 2 rings (SSSR count). The van der Waals surface area contributed by atoms with Gasteiger partial charge in [0.2, 0.25) is 5.91 Å². The van der Waals surface area contributed by atoms with E-state index in [-0.39, 0.29) is 29.9 Å². The highest BCUT2D eigenvalue weighted by Crippen LogP contribution is 2.29. The molecular formula is C15H27N3O2. The first-order valence-corrected chi connectivity index (χ1v) is 7.91. The van der Waals surface area contributed by atoms with E-state index in [4.69, 9.17) is 0 Å². The minimum atomic E-state index is -0.115. The summed E-state index contributed by atoms with van der Waals surface area (Å²) in [5.41, 5.74) is 0. The van der Waals surface area contributed by atoms with E-state index in [9.17, 15) is 9.59 Å². The highest BCUT2D eigenvalue weighted by molar-refractivity contribution is 5.81. The van der Waals surface area contributed by atoms with E-state index in [0.717, 1.165) is 38.5 Å². The van der Waals surface area contributed by atoms with Crippen molar-refractivity contribution in [1.82, 2.24) is 16.0 Å². The van der Waals surface area contributed by atoms with Crippen molar-refractivity contribution in [3.05, 3.63) is 0 Å². The van der Waals surface area contributed by atoms with Crippen LogP contribution < -0.4 is 16.0 Å². The smallest absolute Gasteiger partial charge is 0.315 e. The number of carbonyl (C=O) groups excluding carboxylic acids is 2. The largest absolute Gasteiger partial charge is 0.351 e. The number of rotatable bonds is 5. The molecular weight excluding hydrogens is 254 g/mol. The van der Waals surface area contributed by atoms with Crippen molar-refractivity contribution in [2.45, 2.75) is 64.5 Å². The number of urea groups is 1. The van der Waals surface area contributed by atoms with E-state index in [2.05, 4.69) is 29.8 Å². The van der Waals surface area contributed by atoms with E-state index in [1.165, 1.54) is 0 Å². The monoisotopic (exact) mass is 281 g/mol. The van der Waals surface area contributed by atoms with Crippen molar-refractivity contribution in [2.75, 3.05) is 6.54 Å². The molecule has 2 aliphatic carbocycles. The van der Waals surface area contributed by atoms with E-state index >= 15 is 0 Å². The van der Waals surface area contributed by atoms with Crippen LogP contribution in [0.2, 0.25) is 0 Å². The van der Waals surface area contributed by atoms with Gasteiger partial charge in [0.05, 0.1) is 6.04 Å². The topological polar surface area (TPSA) is 70.2 Å². The molecule has 2 aliphatic rings. The van der Waals surface area contributed by atoms with Crippen molar-refractivity contribution in [1.29, 1.82) is 0 Å². The molecule has 3 N–H and O–H groups in total. The van der Waals surface area contributed by atoms with Crippen LogP contribution in [0.5, 0.6) is 0 Å². The molecule has 5 nitrogen and oxygen atoms in total. The molecule has 0 heterocycles. The zero-order chi connectivity index (χ0) is 14.5. The van der Waals surface area contributed by atoms with Gasteiger partial charge in [0.1, 0.15) is 0 Å². The predicted octanol–water partition coefficient (Wildman–Crippen LogP) is 1.78. The molecule has 0 saturated heterocycles. The summed E-state index contributed by atoms with van der Waals surface area (Å²) in [6.45, 7) is 4.82. The van der Waals surface area contributed by atoms with Gasteiger partial charge in [0.15, 0.2) is 0 Å². The fourth-order valence-electron chi connectivity index (χ4n) is 2.64. The Labute approximate surface area is 121 Å². The highest BCUT2D eigenvalue weighted by Gasteiger charge is 2.34. The zero-order valence-corrected chi connectivity index (χ0v) is 12.6. The Morgan fingerprint density at radius 1 is 1.00 bits per heavy atom. The fraction of sp³-hybridized carbons (Fsp3) is 0.867. The van der Waals surface area contributed by atoms with Crippen LogP contribution in [0.1, 0.15) is 52.4 Å². The number of carbonyl (C=O) groups is 2. The summed E-state index contributed by atoms with van der Waals surface area (Å²) in [4.78, 5) is 23.7. The van der Waals surface area contributed by atoms with Crippen molar-refractivity contribution < 1.29 is 9.59 Å². The summed E-state index contributed by atoms with van der Waals surface area (Å²) < 4.78 is 0. The predicted molar refractivity (Wildman–Crippen MR) is 78.3 cm³/mol. The highest BCUT2D eigenvalue weighted by atomic mass is 16.2. The Kier molecular flexibility index (Phi) is 5.26. The quantitative estimate of drug-likeness (QED) is 0.719. The Balaban J connectivity index is 1.79. The second-order valence-corrected chi connectivity index (χ2v) is 6.53. The molecule has 114 valence electrons.